The molecule has 0 atom stereocenters. The quantitative estimate of drug-likeness (QED) is 0.192. The summed E-state index contributed by atoms with van der Waals surface area (Å²) in [4.78, 5) is 13.8. The van der Waals surface area contributed by atoms with E-state index in [0.29, 0.717) is 35.2 Å². The van der Waals surface area contributed by atoms with Gasteiger partial charge < -0.3 is 28.3 Å². The number of esters is 1. The van der Waals surface area contributed by atoms with Crippen molar-refractivity contribution in [1.29, 1.82) is 0 Å². The average Bonchev–Trinajstić information content (AvgIpc) is 3.79. The maximum atomic E-state index is 13.8. The van der Waals surface area contributed by atoms with Gasteiger partial charge in [0.15, 0.2) is 23.0 Å². The minimum atomic E-state index is -0.409. The van der Waals surface area contributed by atoms with E-state index in [1.54, 1.807) is 7.11 Å². The molecular formula is C31H29N3O6S. The number of methoxy groups -OCH3 is 1. The predicted molar refractivity (Wildman–Crippen MR) is 155 cm³/mol. The molecule has 1 fully saturated rings. The summed E-state index contributed by atoms with van der Waals surface area (Å²) in [6, 6.07) is 15.7. The summed E-state index contributed by atoms with van der Waals surface area (Å²) in [5, 5.41) is 0.854. The Morgan fingerprint density at radius 3 is 2.66 bits per heavy atom. The monoisotopic (exact) mass is 571 g/mol. The van der Waals surface area contributed by atoms with Crippen LogP contribution in [0.5, 0.6) is 23.0 Å². The Morgan fingerprint density at radius 1 is 1.00 bits per heavy atom. The van der Waals surface area contributed by atoms with E-state index in [1.807, 2.05) is 60.0 Å². The summed E-state index contributed by atoms with van der Waals surface area (Å²) in [5.74, 6) is 2.27. The molecule has 7 rings (SSSR count). The largest absolute Gasteiger partial charge is 0.493 e. The number of ether oxygens (including phenoxy) is 5. The molecule has 210 valence electrons. The fraction of sp³-hybridized carbons (Fsp3) is 0.323. The van der Waals surface area contributed by atoms with Crippen LogP contribution in [0.15, 0.2) is 48.5 Å². The zero-order valence-electron chi connectivity index (χ0n) is 22.8. The molecular weight excluding hydrogens is 542 g/mol. The molecule has 2 aromatic heterocycles. The van der Waals surface area contributed by atoms with Crippen LogP contribution in [0, 0.1) is 0 Å². The Labute approximate surface area is 240 Å². The molecule has 0 N–H and O–H groups in total. The Kier molecular flexibility index (Phi) is 6.62. The van der Waals surface area contributed by atoms with Crippen LogP contribution in [0.4, 0.5) is 0 Å². The first kappa shape index (κ1) is 25.6. The van der Waals surface area contributed by atoms with Crippen LogP contribution >= 0.6 is 11.7 Å². The molecule has 0 unspecified atom stereocenters. The van der Waals surface area contributed by atoms with Gasteiger partial charge in [0.1, 0.15) is 16.7 Å². The summed E-state index contributed by atoms with van der Waals surface area (Å²) in [6.45, 7) is 2.65. The number of rotatable bonds is 8. The van der Waals surface area contributed by atoms with Crippen LogP contribution in [-0.4, -0.2) is 45.9 Å². The standard InChI is InChI=1S/C31H29N3O6S/c1-3-37-31(35)30-29(19-9-10-22-23(13-19)33-41-32-22)21-14-26(36-2)28(40-20-6-4-5-7-20)15-24(21)34(30)16-18-8-11-25-27(12-18)39-17-38-25/h8-15,20H,3-7,16-17H2,1-2H3. The first-order chi connectivity index (χ1) is 20.1. The molecule has 5 aromatic rings. The zero-order chi connectivity index (χ0) is 27.9. The predicted octanol–water partition coefficient (Wildman–Crippen LogP) is 6.60. The molecule has 41 heavy (non-hydrogen) atoms. The number of carbonyl (C=O) groups is 1. The fourth-order valence-corrected chi connectivity index (χ4v) is 6.34. The molecule has 1 aliphatic carbocycles. The van der Waals surface area contributed by atoms with E-state index in [4.69, 9.17) is 23.7 Å². The van der Waals surface area contributed by atoms with Gasteiger partial charge in [-0.05, 0) is 74.1 Å². The van der Waals surface area contributed by atoms with E-state index in [9.17, 15) is 4.79 Å². The summed E-state index contributed by atoms with van der Waals surface area (Å²) < 4.78 is 39.9. The van der Waals surface area contributed by atoms with E-state index < -0.39 is 5.97 Å². The number of hydrogen-bond donors (Lipinski definition) is 0. The van der Waals surface area contributed by atoms with E-state index in [-0.39, 0.29) is 19.5 Å². The third-order valence-electron chi connectivity index (χ3n) is 7.73. The van der Waals surface area contributed by atoms with Crippen LogP contribution in [0.3, 0.4) is 0 Å². The Balaban J connectivity index is 1.47. The maximum absolute atomic E-state index is 13.8. The SMILES string of the molecule is CCOC(=O)c1c(-c2ccc3nsnc3c2)c2cc(OC)c(OC3CCCC3)cc2n1Cc1ccc2c(c1)OCO2. The maximum Gasteiger partial charge on any atom is 0.355 e. The Bertz CT molecular complexity index is 1770. The molecule has 0 radical (unpaired) electrons. The molecule has 0 spiro atoms. The van der Waals surface area contributed by atoms with Crippen molar-refractivity contribution in [2.45, 2.75) is 45.3 Å². The van der Waals surface area contributed by atoms with Crippen molar-refractivity contribution >= 4 is 39.6 Å². The number of aromatic nitrogens is 3. The second-order valence-electron chi connectivity index (χ2n) is 10.2. The van der Waals surface area contributed by atoms with Gasteiger partial charge >= 0.3 is 5.97 Å². The van der Waals surface area contributed by atoms with Gasteiger partial charge in [-0.1, -0.05) is 12.1 Å². The molecule has 2 aliphatic rings. The molecule has 3 aromatic carbocycles. The van der Waals surface area contributed by atoms with Gasteiger partial charge in [0.25, 0.3) is 0 Å². The highest BCUT2D eigenvalue weighted by molar-refractivity contribution is 7.00. The third kappa shape index (κ3) is 4.61. The van der Waals surface area contributed by atoms with Gasteiger partial charge in [-0.25, -0.2) is 4.79 Å². The van der Waals surface area contributed by atoms with Crippen LogP contribution in [-0.2, 0) is 11.3 Å². The van der Waals surface area contributed by atoms with Crippen LogP contribution in [0.25, 0.3) is 33.1 Å². The number of carbonyl (C=O) groups excluding carboxylic acids is 1. The summed E-state index contributed by atoms with van der Waals surface area (Å²) >= 11 is 1.16. The first-order valence-electron chi connectivity index (χ1n) is 13.8. The number of hydrogen-bond acceptors (Lipinski definition) is 9. The van der Waals surface area contributed by atoms with Crippen LogP contribution < -0.4 is 18.9 Å². The molecule has 1 aliphatic heterocycles. The van der Waals surface area contributed by atoms with E-state index >= 15 is 0 Å². The van der Waals surface area contributed by atoms with Gasteiger partial charge in [0.05, 0.1) is 37.1 Å². The van der Waals surface area contributed by atoms with Gasteiger partial charge in [-0.2, -0.15) is 8.75 Å². The fourth-order valence-electron chi connectivity index (χ4n) is 5.82. The molecule has 10 heteroatoms. The van der Waals surface area contributed by atoms with Crippen LogP contribution in [0.2, 0.25) is 0 Å². The molecule has 0 saturated heterocycles. The van der Waals surface area contributed by atoms with Crippen molar-refractivity contribution in [2.75, 3.05) is 20.5 Å². The first-order valence-corrected chi connectivity index (χ1v) is 14.5. The minimum Gasteiger partial charge on any atom is -0.493 e. The summed E-state index contributed by atoms with van der Waals surface area (Å²) in [6.07, 6.45) is 4.48. The third-order valence-corrected chi connectivity index (χ3v) is 8.29. The highest BCUT2D eigenvalue weighted by Gasteiger charge is 2.28. The van der Waals surface area contributed by atoms with Gasteiger partial charge in [0, 0.05) is 23.6 Å². The lowest BCUT2D eigenvalue weighted by Crippen LogP contribution is -2.14. The van der Waals surface area contributed by atoms with Crippen molar-refractivity contribution in [3.8, 4) is 34.1 Å². The number of fused-ring (bicyclic) bond motifs is 3. The highest BCUT2D eigenvalue weighted by Crippen LogP contribution is 2.43. The second-order valence-corrected chi connectivity index (χ2v) is 10.8. The van der Waals surface area contributed by atoms with Gasteiger partial charge in [-0.3, -0.25) is 0 Å². The topological polar surface area (TPSA) is 93.9 Å². The van der Waals surface area contributed by atoms with Crippen molar-refractivity contribution in [2.24, 2.45) is 0 Å². The van der Waals surface area contributed by atoms with E-state index in [0.717, 1.165) is 76.0 Å². The van der Waals surface area contributed by atoms with E-state index in [2.05, 4.69) is 8.75 Å². The number of nitrogens with zero attached hydrogens (tertiary/aromatic N) is 3. The zero-order valence-corrected chi connectivity index (χ0v) is 23.7. The van der Waals surface area contributed by atoms with Crippen molar-refractivity contribution < 1.29 is 28.5 Å². The summed E-state index contributed by atoms with van der Waals surface area (Å²) in [7, 11) is 1.64. The second kappa shape index (κ2) is 10.6. The lowest BCUT2D eigenvalue weighted by molar-refractivity contribution is 0.0516. The average molecular weight is 572 g/mol. The Hall–Kier alpha value is -4.31. The van der Waals surface area contributed by atoms with Crippen LogP contribution in [0.1, 0.15) is 48.7 Å². The van der Waals surface area contributed by atoms with Gasteiger partial charge in [0.2, 0.25) is 6.79 Å². The van der Waals surface area contributed by atoms with Gasteiger partial charge in [-0.15, -0.1) is 0 Å². The van der Waals surface area contributed by atoms with E-state index in [1.165, 1.54) is 0 Å². The highest BCUT2D eigenvalue weighted by atomic mass is 32.1. The lowest BCUT2D eigenvalue weighted by Gasteiger charge is -2.17. The Morgan fingerprint density at radius 2 is 1.83 bits per heavy atom. The minimum absolute atomic E-state index is 0.141. The smallest absolute Gasteiger partial charge is 0.355 e. The molecule has 1 saturated carbocycles. The number of benzene rings is 3. The van der Waals surface area contributed by atoms with Crippen molar-refractivity contribution in [1.82, 2.24) is 13.3 Å². The molecule has 0 amide bonds. The molecule has 0 bridgehead atoms. The molecule has 3 heterocycles. The normalized spacial score (nSPS) is 14.7. The lowest BCUT2D eigenvalue weighted by atomic mass is 10.0. The summed E-state index contributed by atoms with van der Waals surface area (Å²) in [5.41, 5.74) is 5.41. The van der Waals surface area contributed by atoms with Crippen molar-refractivity contribution in [3.05, 3.63) is 59.8 Å². The molecule has 9 nitrogen and oxygen atoms in total. The van der Waals surface area contributed by atoms with Crippen molar-refractivity contribution in [3.63, 3.8) is 0 Å².